The molecule has 0 spiro atoms. The molecule has 1 nitrogen and oxygen atoms in total. The van der Waals surface area contributed by atoms with E-state index in [9.17, 15) is 13.6 Å². The van der Waals surface area contributed by atoms with Gasteiger partial charge in [0.05, 0.1) is 9.85 Å². The maximum Gasteiger partial charge on any atom is 0.263 e. The van der Waals surface area contributed by atoms with Crippen molar-refractivity contribution in [1.82, 2.24) is 0 Å². The van der Waals surface area contributed by atoms with Crippen LogP contribution >= 0.6 is 27.5 Å². The average Bonchev–Trinajstić information content (AvgIpc) is 2.16. The number of hydrogen-bond donors (Lipinski definition) is 0. The fraction of sp³-hybridized carbons (Fsp3) is 0.300. The second kappa shape index (κ2) is 5.03. The van der Waals surface area contributed by atoms with Crippen LogP contribution in [0.5, 0.6) is 0 Å². The van der Waals surface area contributed by atoms with Gasteiger partial charge in [0.25, 0.3) is 6.43 Å². The summed E-state index contributed by atoms with van der Waals surface area (Å²) in [7, 11) is 0. The van der Waals surface area contributed by atoms with Crippen LogP contribution in [-0.4, -0.2) is 10.6 Å². The molecule has 1 aromatic rings. The monoisotopic (exact) mass is 296 g/mol. The summed E-state index contributed by atoms with van der Waals surface area (Å²) in [6.07, 6.45) is -2.58. The van der Waals surface area contributed by atoms with E-state index >= 15 is 0 Å². The summed E-state index contributed by atoms with van der Waals surface area (Å²) in [6.45, 7) is 1.65. The van der Waals surface area contributed by atoms with E-state index in [1.165, 1.54) is 12.1 Å². The predicted octanol–water partition coefficient (Wildman–Crippen LogP) is 4.24. The summed E-state index contributed by atoms with van der Waals surface area (Å²) in [5.74, 6) is -0.221. The van der Waals surface area contributed by atoms with Crippen LogP contribution in [0.4, 0.5) is 8.78 Å². The lowest BCUT2D eigenvalue weighted by molar-refractivity contribution is 0.0995. The van der Waals surface area contributed by atoms with E-state index in [0.29, 0.717) is 0 Å². The topological polar surface area (TPSA) is 17.1 Å². The molecule has 0 aliphatic carbocycles. The van der Waals surface area contributed by atoms with Gasteiger partial charge in [0.1, 0.15) is 0 Å². The van der Waals surface area contributed by atoms with Gasteiger partial charge >= 0.3 is 0 Å². The number of carbonyl (C=O) groups excluding carboxylic acids is 1. The Hall–Kier alpha value is -0.480. The lowest BCUT2D eigenvalue weighted by atomic mass is 10.1. The second-order valence-corrected chi connectivity index (χ2v) is 4.80. The highest BCUT2D eigenvalue weighted by molar-refractivity contribution is 9.10. The highest BCUT2D eigenvalue weighted by Crippen LogP contribution is 2.26. The molecule has 1 aromatic carbocycles. The number of Topliss-reactive ketones (excluding diaryl/α,β-unsaturated/α-hetero) is 1. The van der Waals surface area contributed by atoms with Crippen molar-refractivity contribution in [3.05, 3.63) is 34.3 Å². The van der Waals surface area contributed by atoms with Gasteiger partial charge in [-0.1, -0.05) is 33.6 Å². The van der Waals surface area contributed by atoms with Crippen LogP contribution in [0.1, 0.15) is 29.3 Å². The molecule has 1 atom stereocenters. The minimum atomic E-state index is -2.58. The van der Waals surface area contributed by atoms with Crippen LogP contribution in [0.2, 0.25) is 5.02 Å². The zero-order valence-electron chi connectivity index (χ0n) is 7.81. The van der Waals surface area contributed by atoms with Gasteiger partial charge in [-0.2, -0.15) is 0 Å². The van der Waals surface area contributed by atoms with Gasteiger partial charge in [0.15, 0.2) is 5.78 Å². The molecule has 0 radical (unpaired) electrons. The minimum Gasteiger partial charge on any atom is -0.293 e. The van der Waals surface area contributed by atoms with Crippen LogP contribution in [0.3, 0.4) is 0 Å². The number of alkyl halides is 3. The summed E-state index contributed by atoms with van der Waals surface area (Å²) in [5.41, 5.74) is 0.0733. The van der Waals surface area contributed by atoms with E-state index in [1.807, 2.05) is 0 Å². The van der Waals surface area contributed by atoms with Gasteiger partial charge < -0.3 is 0 Å². The van der Waals surface area contributed by atoms with E-state index in [2.05, 4.69) is 15.9 Å². The fourth-order valence-corrected chi connectivity index (χ4v) is 1.61. The standard InChI is InChI=1S/C10H8BrClF2O/c1-5(11)9(15)7-3-2-6(10(13)14)4-8(7)12/h2-5,10H,1H3. The van der Waals surface area contributed by atoms with Gasteiger partial charge in [0.2, 0.25) is 0 Å². The van der Waals surface area contributed by atoms with Crippen LogP contribution in [0, 0.1) is 0 Å². The molecule has 0 bridgehead atoms. The summed E-state index contributed by atoms with van der Waals surface area (Å²) in [6, 6.07) is 3.65. The first-order chi connectivity index (χ1) is 6.93. The summed E-state index contributed by atoms with van der Waals surface area (Å²) < 4.78 is 24.6. The smallest absolute Gasteiger partial charge is 0.263 e. The van der Waals surface area contributed by atoms with Crippen molar-refractivity contribution in [2.45, 2.75) is 18.2 Å². The SMILES string of the molecule is CC(Br)C(=O)c1ccc(C(F)F)cc1Cl. The molecule has 82 valence electrons. The Labute approximate surface area is 99.6 Å². The maximum absolute atomic E-state index is 12.3. The van der Waals surface area contributed by atoms with Crippen molar-refractivity contribution in [3.8, 4) is 0 Å². The average molecular weight is 298 g/mol. The molecule has 5 heteroatoms. The van der Waals surface area contributed by atoms with Gasteiger partial charge in [-0.05, 0) is 19.1 Å². The Balaban J connectivity index is 3.08. The Kier molecular flexibility index (Phi) is 4.22. The van der Waals surface area contributed by atoms with Crippen LogP contribution in [-0.2, 0) is 0 Å². The molecule has 0 saturated carbocycles. The van der Waals surface area contributed by atoms with Gasteiger partial charge in [-0.25, -0.2) is 8.78 Å². The summed E-state index contributed by atoms with van der Waals surface area (Å²) in [5, 5.41) is 0.0594. The van der Waals surface area contributed by atoms with Gasteiger partial charge in [-0.3, -0.25) is 4.79 Å². The lowest BCUT2D eigenvalue weighted by Crippen LogP contribution is -2.10. The van der Waals surface area contributed by atoms with Crippen molar-refractivity contribution >= 4 is 33.3 Å². The molecule has 0 N–H and O–H groups in total. The van der Waals surface area contributed by atoms with E-state index in [-0.39, 0.29) is 26.8 Å². The third-order valence-electron chi connectivity index (χ3n) is 1.87. The Morgan fingerprint density at radius 3 is 2.47 bits per heavy atom. The predicted molar refractivity (Wildman–Crippen MR) is 59.1 cm³/mol. The molecule has 0 saturated heterocycles. The Morgan fingerprint density at radius 1 is 1.47 bits per heavy atom. The molecular weight excluding hydrogens is 289 g/mol. The number of hydrogen-bond acceptors (Lipinski definition) is 1. The first-order valence-electron chi connectivity index (χ1n) is 4.19. The minimum absolute atomic E-state index is 0.0594. The molecule has 1 rings (SSSR count). The van der Waals surface area contributed by atoms with Crippen LogP contribution in [0.15, 0.2) is 18.2 Å². The van der Waals surface area contributed by atoms with Crippen LogP contribution < -0.4 is 0 Å². The first kappa shape index (κ1) is 12.6. The molecular formula is C10H8BrClF2O. The fourth-order valence-electron chi connectivity index (χ4n) is 1.08. The highest BCUT2D eigenvalue weighted by atomic mass is 79.9. The molecule has 0 aliphatic heterocycles. The van der Waals surface area contributed by atoms with Crippen LogP contribution in [0.25, 0.3) is 0 Å². The third kappa shape index (κ3) is 2.98. The number of ketones is 1. The molecule has 0 amide bonds. The largest absolute Gasteiger partial charge is 0.293 e. The van der Waals surface area contributed by atoms with Crippen molar-refractivity contribution in [3.63, 3.8) is 0 Å². The normalized spacial score (nSPS) is 12.9. The number of halogens is 4. The number of carbonyl (C=O) groups is 1. The molecule has 0 heterocycles. The lowest BCUT2D eigenvalue weighted by Gasteiger charge is -2.07. The Morgan fingerprint density at radius 2 is 2.07 bits per heavy atom. The van der Waals surface area contributed by atoms with Gasteiger partial charge in [-0.15, -0.1) is 0 Å². The van der Waals surface area contributed by atoms with Gasteiger partial charge in [0, 0.05) is 11.1 Å². The second-order valence-electron chi connectivity index (χ2n) is 3.02. The molecule has 0 aromatic heterocycles. The maximum atomic E-state index is 12.3. The number of rotatable bonds is 3. The van der Waals surface area contributed by atoms with E-state index in [1.54, 1.807) is 6.92 Å². The third-order valence-corrected chi connectivity index (χ3v) is 2.60. The van der Waals surface area contributed by atoms with E-state index in [4.69, 9.17) is 11.6 Å². The van der Waals surface area contributed by atoms with Crippen molar-refractivity contribution < 1.29 is 13.6 Å². The van der Waals surface area contributed by atoms with E-state index < -0.39 is 6.43 Å². The number of benzene rings is 1. The first-order valence-corrected chi connectivity index (χ1v) is 5.48. The van der Waals surface area contributed by atoms with Crippen molar-refractivity contribution in [1.29, 1.82) is 0 Å². The molecule has 15 heavy (non-hydrogen) atoms. The molecule has 0 aliphatic rings. The molecule has 1 unspecified atom stereocenters. The zero-order chi connectivity index (χ0) is 11.6. The van der Waals surface area contributed by atoms with Crippen molar-refractivity contribution in [2.75, 3.05) is 0 Å². The highest BCUT2D eigenvalue weighted by Gasteiger charge is 2.17. The molecule has 0 fully saturated rings. The quantitative estimate of drug-likeness (QED) is 0.602. The zero-order valence-corrected chi connectivity index (χ0v) is 10.1. The Bertz CT molecular complexity index is 380. The summed E-state index contributed by atoms with van der Waals surface area (Å²) >= 11 is 8.84. The summed E-state index contributed by atoms with van der Waals surface area (Å²) in [4.78, 5) is 11.1. The van der Waals surface area contributed by atoms with E-state index in [0.717, 1.165) is 6.07 Å². The van der Waals surface area contributed by atoms with Crippen molar-refractivity contribution in [2.24, 2.45) is 0 Å².